The normalized spacial score (nSPS) is 21.4. The Balaban J connectivity index is 1.84. The molecule has 0 bridgehead atoms. The number of aliphatic hydroxyl groups excluding tert-OH is 1. The van der Waals surface area contributed by atoms with Crippen molar-refractivity contribution in [3.05, 3.63) is 35.6 Å². The monoisotopic (exact) mass is 366 g/mol. The van der Waals surface area contributed by atoms with Gasteiger partial charge in [-0.1, -0.05) is 32.0 Å². The molecular weight excluding hydrogens is 339 g/mol. The van der Waals surface area contributed by atoms with E-state index in [9.17, 15) is 19.1 Å². The second kappa shape index (κ2) is 8.60. The summed E-state index contributed by atoms with van der Waals surface area (Å²) >= 11 is 0. The van der Waals surface area contributed by atoms with Gasteiger partial charge in [0.2, 0.25) is 0 Å². The second-order valence-corrected chi connectivity index (χ2v) is 7.37. The number of nitrogens with one attached hydrogen (secondary N) is 1. The third-order valence-electron chi connectivity index (χ3n) is 4.49. The maximum absolute atomic E-state index is 13.5. The number of nitrogens with zero attached hydrogens (tertiary/aromatic N) is 1. The topological polar surface area (TPSA) is 78.9 Å². The van der Waals surface area contributed by atoms with Crippen LogP contribution in [0, 0.1) is 11.7 Å². The maximum Gasteiger partial charge on any atom is 0.325 e. The van der Waals surface area contributed by atoms with Crippen molar-refractivity contribution in [1.29, 1.82) is 0 Å². The highest BCUT2D eigenvalue weighted by atomic mass is 19.1. The van der Waals surface area contributed by atoms with Gasteiger partial charge < -0.3 is 15.2 Å². The summed E-state index contributed by atoms with van der Waals surface area (Å²) in [6.07, 6.45) is 0.319. The zero-order valence-electron chi connectivity index (χ0n) is 15.5. The predicted molar refractivity (Wildman–Crippen MR) is 94.8 cm³/mol. The van der Waals surface area contributed by atoms with Crippen LogP contribution in [0.2, 0.25) is 0 Å². The minimum Gasteiger partial charge on any atom is -0.389 e. The first-order valence-corrected chi connectivity index (χ1v) is 8.86. The molecule has 144 valence electrons. The Labute approximate surface area is 153 Å². The van der Waals surface area contributed by atoms with Gasteiger partial charge in [0.1, 0.15) is 11.4 Å². The zero-order valence-corrected chi connectivity index (χ0v) is 15.5. The maximum atomic E-state index is 13.5. The van der Waals surface area contributed by atoms with Crippen LogP contribution in [0.5, 0.6) is 0 Å². The molecule has 1 aliphatic rings. The molecule has 1 aromatic rings. The minimum atomic E-state index is -1.04. The highest BCUT2D eigenvalue weighted by Crippen LogP contribution is 2.24. The Morgan fingerprint density at radius 1 is 1.31 bits per heavy atom. The Morgan fingerprint density at radius 3 is 2.65 bits per heavy atom. The van der Waals surface area contributed by atoms with Crippen molar-refractivity contribution in [1.82, 2.24) is 10.2 Å². The van der Waals surface area contributed by atoms with Crippen molar-refractivity contribution in [2.75, 3.05) is 13.2 Å². The van der Waals surface area contributed by atoms with Gasteiger partial charge in [0.25, 0.3) is 5.91 Å². The summed E-state index contributed by atoms with van der Waals surface area (Å²) in [6.45, 7) is 5.57. The third kappa shape index (κ3) is 5.02. The highest BCUT2D eigenvalue weighted by molar-refractivity contribution is 6.06. The van der Waals surface area contributed by atoms with Crippen molar-refractivity contribution >= 4 is 11.9 Å². The molecule has 7 heteroatoms. The second-order valence-electron chi connectivity index (χ2n) is 7.37. The molecule has 0 radical (unpaired) electrons. The average Bonchev–Trinajstić information content (AvgIpc) is 2.79. The number of imide groups is 1. The Morgan fingerprint density at radius 2 is 2.00 bits per heavy atom. The molecule has 0 aromatic heterocycles. The number of halogens is 1. The van der Waals surface area contributed by atoms with Gasteiger partial charge in [-0.15, -0.1) is 0 Å². The standard InChI is InChI=1S/C19H27FN2O4/c1-13(2)8-9-19(3)17(24)22(18(25)21-19)10-15(23)12-26-11-14-6-4-5-7-16(14)20/h4-7,13,15,23H,8-12H2,1-3H3,(H,21,25)/t15-,19+/m1/s1. The van der Waals surface area contributed by atoms with E-state index in [0.717, 1.165) is 11.3 Å². The van der Waals surface area contributed by atoms with Gasteiger partial charge >= 0.3 is 6.03 Å². The number of aliphatic hydroxyl groups is 1. The lowest BCUT2D eigenvalue weighted by atomic mass is 9.92. The highest BCUT2D eigenvalue weighted by Gasteiger charge is 2.47. The van der Waals surface area contributed by atoms with Gasteiger partial charge in [-0.3, -0.25) is 9.69 Å². The van der Waals surface area contributed by atoms with Gasteiger partial charge in [0.05, 0.1) is 25.9 Å². The molecule has 1 saturated heterocycles. The van der Waals surface area contributed by atoms with E-state index >= 15 is 0 Å². The first kappa shape index (κ1) is 20.3. The zero-order chi connectivity index (χ0) is 19.3. The molecule has 1 aromatic carbocycles. The van der Waals surface area contributed by atoms with Gasteiger partial charge in [-0.25, -0.2) is 9.18 Å². The number of carbonyl (C=O) groups excluding carboxylic acids is 2. The van der Waals surface area contributed by atoms with Gasteiger partial charge in [0.15, 0.2) is 0 Å². The van der Waals surface area contributed by atoms with E-state index in [1.54, 1.807) is 25.1 Å². The first-order chi connectivity index (χ1) is 12.2. The van der Waals surface area contributed by atoms with Crippen LogP contribution < -0.4 is 5.32 Å². The lowest BCUT2D eigenvalue weighted by Crippen LogP contribution is -2.45. The van der Waals surface area contributed by atoms with Crippen LogP contribution >= 0.6 is 0 Å². The molecule has 1 heterocycles. The Bertz CT molecular complexity index is 652. The SMILES string of the molecule is CC(C)CC[C@]1(C)NC(=O)N(C[C@@H](O)COCc2ccccc2F)C1=O. The summed E-state index contributed by atoms with van der Waals surface area (Å²) in [5.41, 5.74) is -0.550. The molecule has 2 N–H and O–H groups in total. The lowest BCUT2D eigenvalue weighted by molar-refractivity contribution is -0.132. The summed E-state index contributed by atoms with van der Waals surface area (Å²) in [6, 6.07) is 5.71. The fourth-order valence-electron chi connectivity index (χ4n) is 2.84. The predicted octanol–water partition coefficient (Wildman–Crippen LogP) is 2.45. The first-order valence-electron chi connectivity index (χ1n) is 8.86. The van der Waals surface area contributed by atoms with Gasteiger partial charge in [0, 0.05) is 5.56 Å². The van der Waals surface area contributed by atoms with Crippen molar-refractivity contribution < 1.29 is 23.8 Å². The average molecular weight is 366 g/mol. The van der Waals surface area contributed by atoms with Crippen LogP contribution in [-0.4, -0.2) is 46.7 Å². The Hall–Kier alpha value is -1.99. The summed E-state index contributed by atoms with van der Waals surface area (Å²) in [5, 5.41) is 12.8. The number of urea groups is 1. The molecular formula is C19H27FN2O4. The number of amides is 3. The fourth-order valence-corrected chi connectivity index (χ4v) is 2.84. The molecule has 0 unspecified atom stereocenters. The smallest absolute Gasteiger partial charge is 0.325 e. The van der Waals surface area contributed by atoms with E-state index in [-0.39, 0.29) is 31.5 Å². The van der Waals surface area contributed by atoms with Crippen molar-refractivity contribution in [2.24, 2.45) is 5.92 Å². The number of carbonyl (C=O) groups is 2. The van der Waals surface area contributed by atoms with E-state index in [2.05, 4.69) is 19.2 Å². The number of hydrogen-bond acceptors (Lipinski definition) is 4. The number of benzene rings is 1. The van der Waals surface area contributed by atoms with E-state index in [1.165, 1.54) is 6.07 Å². The van der Waals surface area contributed by atoms with E-state index in [4.69, 9.17) is 4.74 Å². The van der Waals surface area contributed by atoms with Crippen molar-refractivity contribution in [3.8, 4) is 0 Å². The minimum absolute atomic E-state index is 0.00990. The molecule has 3 amide bonds. The molecule has 2 atom stereocenters. The molecule has 1 aliphatic heterocycles. The third-order valence-corrected chi connectivity index (χ3v) is 4.49. The van der Waals surface area contributed by atoms with Gasteiger partial charge in [-0.2, -0.15) is 0 Å². The molecule has 0 spiro atoms. The van der Waals surface area contributed by atoms with E-state index in [1.807, 2.05) is 0 Å². The summed E-state index contributed by atoms with van der Waals surface area (Å²) < 4.78 is 18.8. The van der Waals surface area contributed by atoms with E-state index in [0.29, 0.717) is 17.9 Å². The van der Waals surface area contributed by atoms with E-state index < -0.39 is 17.7 Å². The number of β-amino-alcohol motifs (C(OH)–C–C–N with tert-alkyl or cyclic N) is 1. The van der Waals surface area contributed by atoms with Crippen LogP contribution in [0.25, 0.3) is 0 Å². The van der Waals surface area contributed by atoms with Crippen molar-refractivity contribution in [3.63, 3.8) is 0 Å². The van der Waals surface area contributed by atoms with Crippen LogP contribution in [0.4, 0.5) is 9.18 Å². The molecule has 2 rings (SSSR count). The quantitative estimate of drug-likeness (QED) is 0.658. The lowest BCUT2D eigenvalue weighted by Gasteiger charge is -2.23. The molecule has 1 fully saturated rings. The van der Waals surface area contributed by atoms with Crippen LogP contribution in [0.15, 0.2) is 24.3 Å². The number of hydrogen-bond donors (Lipinski definition) is 2. The summed E-state index contributed by atoms with van der Waals surface area (Å²) in [4.78, 5) is 25.7. The molecule has 6 nitrogen and oxygen atoms in total. The molecule has 0 aliphatic carbocycles. The van der Waals surface area contributed by atoms with Gasteiger partial charge in [-0.05, 0) is 31.7 Å². The summed E-state index contributed by atoms with van der Waals surface area (Å²) in [5.74, 6) is -0.295. The fraction of sp³-hybridized carbons (Fsp3) is 0.579. The number of ether oxygens (including phenoxy) is 1. The summed E-state index contributed by atoms with van der Waals surface area (Å²) in [7, 11) is 0. The van der Waals surface area contributed by atoms with Crippen LogP contribution in [-0.2, 0) is 16.1 Å². The van der Waals surface area contributed by atoms with Crippen LogP contribution in [0.3, 0.4) is 0 Å². The van der Waals surface area contributed by atoms with Crippen LogP contribution in [0.1, 0.15) is 39.2 Å². The molecule has 26 heavy (non-hydrogen) atoms. The number of rotatable bonds is 9. The Kier molecular flexibility index (Phi) is 6.72. The largest absolute Gasteiger partial charge is 0.389 e. The van der Waals surface area contributed by atoms with Crippen molar-refractivity contribution in [2.45, 2.75) is 51.9 Å². The molecule has 0 saturated carbocycles.